The van der Waals surface area contributed by atoms with Crippen molar-refractivity contribution >= 4 is 5.82 Å². The highest BCUT2D eigenvalue weighted by Gasteiger charge is 2.27. The first kappa shape index (κ1) is 14.3. The van der Waals surface area contributed by atoms with Crippen LogP contribution in [0.15, 0.2) is 18.3 Å². The highest BCUT2D eigenvalue weighted by atomic mass is 15.1. The van der Waals surface area contributed by atoms with E-state index in [0.717, 1.165) is 18.0 Å². The molecule has 2 N–H and O–H groups in total. The normalized spacial score (nSPS) is 22.2. The van der Waals surface area contributed by atoms with Gasteiger partial charge in [0, 0.05) is 18.3 Å². The SMILES string of the molecule is CC(C)(C)C1CCCN(Cc2cccnc2N)CC1. The van der Waals surface area contributed by atoms with E-state index in [9.17, 15) is 0 Å². The van der Waals surface area contributed by atoms with Crippen LogP contribution in [0.25, 0.3) is 0 Å². The Morgan fingerprint density at radius 3 is 2.79 bits per heavy atom. The number of pyridine rings is 1. The second-order valence-electron chi connectivity index (χ2n) is 6.82. The van der Waals surface area contributed by atoms with Gasteiger partial charge in [-0.15, -0.1) is 0 Å². The van der Waals surface area contributed by atoms with Gasteiger partial charge in [-0.1, -0.05) is 26.8 Å². The fraction of sp³-hybridized carbons (Fsp3) is 0.688. The van der Waals surface area contributed by atoms with Crippen molar-refractivity contribution in [2.24, 2.45) is 11.3 Å². The fourth-order valence-electron chi connectivity index (χ4n) is 3.01. The second kappa shape index (κ2) is 5.91. The largest absolute Gasteiger partial charge is 0.383 e. The van der Waals surface area contributed by atoms with Gasteiger partial charge in [0.15, 0.2) is 0 Å². The van der Waals surface area contributed by atoms with Crippen LogP contribution < -0.4 is 5.73 Å². The van der Waals surface area contributed by atoms with Gasteiger partial charge in [0.2, 0.25) is 0 Å². The molecule has 0 bridgehead atoms. The highest BCUT2D eigenvalue weighted by molar-refractivity contribution is 5.38. The van der Waals surface area contributed by atoms with Crippen LogP contribution in [0.2, 0.25) is 0 Å². The van der Waals surface area contributed by atoms with Crippen LogP contribution in [0.4, 0.5) is 5.82 Å². The molecule has 0 aliphatic carbocycles. The van der Waals surface area contributed by atoms with Crippen molar-refractivity contribution < 1.29 is 0 Å². The minimum absolute atomic E-state index is 0.434. The van der Waals surface area contributed by atoms with E-state index < -0.39 is 0 Å². The number of rotatable bonds is 2. The molecule has 0 amide bonds. The average Bonchev–Trinajstić information content (AvgIpc) is 2.57. The van der Waals surface area contributed by atoms with Crippen molar-refractivity contribution in [2.45, 2.75) is 46.6 Å². The smallest absolute Gasteiger partial charge is 0.127 e. The van der Waals surface area contributed by atoms with Crippen LogP contribution in [0, 0.1) is 11.3 Å². The zero-order chi connectivity index (χ0) is 13.9. The monoisotopic (exact) mass is 261 g/mol. The van der Waals surface area contributed by atoms with Crippen molar-refractivity contribution in [3.8, 4) is 0 Å². The summed E-state index contributed by atoms with van der Waals surface area (Å²) in [5.74, 6) is 1.52. The summed E-state index contributed by atoms with van der Waals surface area (Å²) in [6.45, 7) is 10.4. The zero-order valence-electron chi connectivity index (χ0n) is 12.5. The lowest BCUT2D eigenvalue weighted by Gasteiger charge is -2.29. The van der Waals surface area contributed by atoms with Gasteiger partial charge < -0.3 is 5.73 Å². The van der Waals surface area contributed by atoms with Crippen molar-refractivity contribution in [2.75, 3.05) is 18.8 Å². The molecule has 0 spiro atoms. The molecular formula is C16H27N3. The van der Waals surface area contributed by atoms with E-state index in [1.165, 1.54) is 32.4 Å². The first-order valence-corrected chi connectivity index (χ1v) is 7.38. The van der Waals surface area contributed by atoms with Gasteiger partial charge in [-0.05, 0) is 49.8 Å². The summed E-state index contributed by atoms with van der Waals surface area (Å²) in [5.41, 5.74) is 7.53. The Kier molecular flexibility index (Phi) is 4.46. The molecule has 2 heterocycles. The molecule has 1 fully saturated rings. The Morgan fingerprint density at radius 2 is 2.11 bits per heavy atom. The lowest BCUT2D eigenvalue weighted by atomic mass is 9.77. The van der Waals surface area contributed by atoms with Gasteiger partial charge in [0.1, 0.15) is 5.82 Å². The molecule has 1 aliphatic heterocycles. The summed E-state index contributed by atoms with van der Waals surface area (Å²) >= 11 is 0. The Hall–Kier alpha value is -1.09. The molecule has 1 aromatic rings. The molecule has 0 radical (unpaired) electrons. The molecule has 1 saturated heterocycles. The Labute approximate surface area is 117 Å². The van der Waals surface area contributed by atoms with E-state index in [0.29, 0.717) is 11.2 Å². The highest BCUT2D eigenvalue weighted by Crippen LogP contribution is 2.34. The number of nitrogens with two attached hydrogens (primary N) is 1. The third-order valence-electron chi connectivity index (χ3n) is 4.37. The lowest BCUT2D eigenvalue weighted by molar-refractivity contribution is 0.206. The Morgan fingerprint density at radius 1 is 1.32 bits per heavy atom. The molecule has 3 heteroatoms. The first-order valence-electron chi connectivity index (χ1n) is 7.38. The van der Waals surface area contributed by atoms with Gasteiger partial charge in [0.25, 0.3) is 0 Å². The summed E-state index contributed by atoms with van der Waals surface area (Å²) in [4.78, 5) is 6.70. The van der Waals surface area contributed by atoms with Gasteiger partial charge in [-0.25, -0.2) is 4.98 Å². The summed E-state index contributed by atoms with van der Waals surface area (Å²) < 4.78 is 0. The molecule has 2 rings (SSSR count). The number of aromatic nitrogens is 1. The summed E-state index contributed by atoms with van der Waals surface area (Å²) in [6, 6.07) is 4.07. The van der Waals surface area contributed by atoms with E-state index in [-0.39, 0.29) is 0 Å². The van der Waals surface area contributed by atoms with Crippen molar-refractivity contribution in [1.82, 2.24) is 9.88 Å². The standard InChI is InChI=1S/C16H27N3/c1-16(2,3)14-7-5-10-19(11-8-14)12-13-6-4-9-18-15(13)17/h4,6,9,14H,5,7-8,10-12H2,1-3H3,(H2,17,18). The van der Waals surface area contributed by atoms with Gasteiger partial charge in [-0.2, -0.15) is 0 Å². The number of hydrogen-bond donors (Lipinski definition) is 1. The molecule has 0 aromatic carbocycles. The molecule has 106 valence electrons. The van der Waals surface area contributed by atoms with E-state index >= 15 is 0 Å². The minimum atomic E-state index is 0.434. The van der Waals surface area contributed by atoms with Gasteiger partial charge in [-0.3, -0.25) is 4.90 Å². The van der Waals surface area contributed by atoms with Crippen LogP contribution >= 0.6 is 0 Å². The van der Waals surface area contributed by atoms with Crippen LogP contribution in [0.1, 0.15) is 45.6 Å². The van der Waals surface area contributed by atoms with Crippen molar-refractivity contribution in [3.05, 3.63) is 23.9 Å². The van der Waals surface area contributed by atoms with Crippen LogP contribution in [0.3, 0.4) is 0 Å². The molecule has 1 aromatic heterocycles. The number of nitrogens with zero attached hydrogens (tertiary/aromatic N) is 2. The summed E-state index contributed by atoms with van der Waals surface area (Å²) in [6.07, 6.45) is 5.70. The summed E-state index contributed by atoms with van der Waals surface area (Å²) in [5, 5.41) is 0. The maximum atomic E-state index is 5.94. The first-order chi connectivity index (χ1) is 8.97. The number of nitrogen functional groups attached to an aromatic ring is 1. The third kappa shape index (κ3) is 3.93. The maximum absolute atomic E-state index is 5.94. The van der Waals surface area contributed by atoms with Gasteiger partial charge in [0.05, 0.1) is 0 Å². The second-order valence-corrected chi connectivity index (χ2v) is 6.82. The molecular weight excluding hydrogens is 234 g/mol. The molecule has 1 unspecified atom stereocenters. The molecule has 19 heavy (non-hydrogen) atoms. The topological polar surface area (TPSA) is 42.2 Å². The zero-order valence-corrected chi connectivity index (χ0v) is 12.5. The van der Waals surface area contributed by atoms with Crippen molar-refractivity contribution in [3.63, 3.8) is 0 Å². The molecule has 3 nitrogen and oxygen atoms in total. The predicted octanol–water partition coefficient (Wildman–Crippen LogP) is 3.31. The Bertz CT molecular complexity index is 409. The van der Waals surface area contributed by atoms with E-state index in [4.69, 9.17) is 5.73 Å². The molecule has 0 saturated carbocycles. The van der Waals surface area contributed by atoms with Crippen LogP contribution in [-0.2, 0) is 6.54 Å². The van der Waals surface area contributed by atoms with E-state index in [1.807, 2.05) is 6.07 Å². The minimum Gasteiger partial charge on any atom is -0.383 e. The third-order valence-corrected chi connectivity index (χ3v) is 4.37. The van der Waals surface area contributed by atoms with Gasteiger partial charge >= 0.3 is 0 Å². The van der Waals surface area contributed by atoms with Crippen LogP contribution in [0.5, 0.6) is 0 Å². The predicted molar refractivity (Wildman–Crippen MR) is 80.7 cm³/mol. The average molecular weight is 261 g/mol. The molecule has 1 atom stereocenters. The quantitative estimate of drug-likeness (QED) is 0.888. The van der Waals surface area contributed by atoms with E-state index in [1.54, 1.807) is 6.20 Å². The van der Waals surface area contributed by atoms with Crippen molar-refractivity contribution in [1.29, 1.82) is 0 Å². The lowest BCUT2D eigenvalue weighted by Crippen LogP contribution is -2.26. The fourth-order valence-corrected chi connectivity index (χ4v) is 3.01. The maximum Gasteiger partial charge on any atom is 0.127 e. The number of hydrogen-bond acceptors (Lipinski definition) is 3. The molecule has 1 aliphatic rings. The van der Waals surface area contributed by atoms with E-state index in [2.05, 4.69) is 36.7 Å². The van der Waals surface area contributed by atoms with Crippen LogP contribution in [-0.4, -0.2) is 23.0 Å². The number of anilines is 1. The number of likely N-dealkylation sites (tertiary alicyclic amines) is 1. The Balaban J connectivity index is 1.95. The summed E-state index contributed by atoms with van der Waals surface area (Å²) in [7, 11) is 0.